The Morgan fingerprint density at radius 2 is 1.82 bits per heavy atom. The fourth-order valence-corrected chi connectivity index (χ4v) is 1.27. The standard InChI is InChI=1S/C7H10F2O2/c8-5-1-3-6(4-2-5)11-7(9)10/h5-6H,1-4H2. The SMILES string of the molecule is O=C(F)OC1CCC(F)CC1. The van der Waals surface area contributed by atoms with Gasteiger partial charge in [0.1, 0.15) is 12.3 Å². The summed E-state index contributed by atoms with van der Waals surface area (Å²) in [6.45, 7) is 0. The van der Waals surface area contributed by atoms with Crippen molar-refractivity contribution in [2.24, 2.45) is 0 Å². The van der Waals surface area contributed by atoms with Crippen molar-refractivity contribution in [1.29, 1.82) is 0 Å². The van der Waals surface area contributed by atoms with Crippen molar-refractivity contribution in [2.75, 3.05) is 0 Å². The van der Waals surface area contributed by atoms with E-state index in [9.17, 15) is 13.6 Å². The van der Waals surface area contributed by atoms with E-state index in [1.54, 1.807) is 0 Å². The van der Waals surface area contributed by atoms with Gasteiger partial charge < -0.3 is 4.74 Å². The third-order valence-corrected chi connectivity index (χ3v) is 1.86. The second kappa shape index (κ2) is 3.64. The van der Waals surface area contributed by atoms with Gasteiger partial charge in [0.15, 0.2) is 0 Å². The predicted molar refractivity (Wildman–Crippen MR) is 34.7 cm³/mol. The highest BCUT2D eigenvalue weighted by atomic mass is 19.1. The third-order valence-electron chi connectivity index (χ3n) is 1.86. The Morgan fingerprint density at radius 3 is 2.27 bits per heavy atom. The highest BCUT2D eigenvalue weighted by Gasteiger charge is 2.23. The predicted octanol–water partition coefficient (Wildman–Crippen LogP) is 2.37. The van der Waals surface area contributed by atoms with Crippen molar-refractivity contribution < 1.29 is 18.3 Å². The lowest BCUT2D eigenvalue weighted by atomic mass is 9.96. The van der Waals surface area contributed by atoms with Crippen LogP contribution in [0.2, 0.25) is 0 Å². The molecule has 4 heteroatoms. The van der Waals surface area contributed by atoms with Crippen LogP contribution in [-0.4, -0.2) is 18.5 Å². The lowest BCUT2D eigenvalue weighted by Crippen LogP contribution is -2.23. The van der Waals surface area contributed by atoms with Crippen LogP contribution in [0.5, 0.6) is 0 Å². The summed E-state index contributed by atoms with van der Waals surface area (Å²) in [5, 5.41) is 0. The smallest absolute Gasteiger partial charge is 0.437 e. The highest BCUT2D eigenvalue weighted by molar-refractivity contribution is 5.58. The molecule has 2 nitrogen and oxygen atoms in total. The Hall–Kier alpha value is -0.670. The van der Waals surface area contributed by atoms with Gasteiger partial charge >= 0.3 is 6.22 Å². The number of hydrogen-bond donors (Lipinski definition) is 0. The van der Waals surface area contributed by atoms with Crippen LogP contribution < -0.4 is 0 Å². The zero-order chi connectivity index (χ0) is 8.27. The number of carbonyl (C=O) groups is 1. The molecule has 0 N–H and O–H groups in total. The van der Waals surface area contributed by atoms with Gasteiger partial charge in [-0.15, -0.1) is 4.39 Å². The van der Waals surface area contributed by atoms with E-state index in [0.717, 1.165) is 0 Å². The highest BCUT2D eigenvalue weighted by Crippen LogP contribution is 2.23. The second-order valence-electron chi connectivity index (χ2n) is 2.73. The molecule has 1 saturated carbocycles. The first-order valence-corrected chi connectivity index (χ1v) is 3.68. The molecule has 0 heterocycles. The summed E-state index contributed by atoms with van der Waals surface area (Å²) in [7, 11) is 0. The fraction of sp³-hybridized carbons (Fsp3) is 0.857. The Balaban J connectivity index is 2.22. The Labute approximate surface area is 63.5 Å². The number of hydrogen-bond acceptors (Lipinski definition) is 2. The fourth-order valence-electron chi connectivity index (χ4n) is 1.27. The summed E-state index contributed by atoms with van der Waals surface area (Å²) in [5.74, 6) is 0. The normalized spacial score (nSPS) is 31.5. The van der Waals surface area contributed by atoms with E-state index in [1.165, 1.54) is 0 Å². The van der Waals surface area contributed by atoms with Gasteiger partial charge in [0.2, 0.25) is 0 Å². The van der Waals surface area contributed by atoms with Crippen LogP contribution in [0, 0.1) is 0 Å². The number of halogens is 2. The first-order chi connectivity index (χ1) is 5.18. The monoisotopic (exact) mass is 164 g/mol. The van der Waals surface area contributed by atoms with Gasteiger partial charge in [-0.05, 0) is 25.7 Å². The average molecular weight is 164 g/mol. The van der Waals surface area contributed by atoms with E-state index < -0.39 is 18.5 Å². The van der Waals surface area contributed by atoms with Gasteiger partial charge in [-0.3, -0.25) is 0 Å². The molecule has 0 spiro atoms. The number of ether oxygens (including phenoxy) is 1. The minimum absolute atomic E-state index is 0.373. The van der Waals surface area contributed by atoms with Gasteiger partial charge in [-0.1, -0.05) is 0 Å². The van der Waals surface area contributed by atoms with Gasteiger partial charge in [-0.2, -0.15) is 0 Å². The zero-order valence-corrected chi connectivity index (χ0v) is 6.06. The molecule has 0 aromatic carbocycles. The van der Waals surface area contributed by atoms with Crippen molar-refractivity contribution in [3.05, 3.63) is 0 Å². The molecule has 0 aromatic rings. The van der Waals surface area contributed by atoms with Crippen molar-refractivity contribution in [1.82, 2.24) is 0 Å². The maximum Gasteiger partial charge on any atom is 0.495 e. The van der Waals surface area contributed by atoms with Crippen molar-refractivity contribution in [2.45, 2.75) is 38.0 Å². The van der Waals surface area contributed by atoms with Crippen molar-refractivity contribution in [3.8, 4) is 0 Å². The van der Waals surface area contributed by atoms with E-state index in [4.69, 9.17) is 0 Å². The van der Waals surface area contributed by atoms with Crippen LogP contribution in [0.4, 0.5) is 13.6 Å². The van der Waals surface area contributed by atoms with Crippen molar-refractivity contribution in [3.63, 3.8) is 0 Å². The van der Waals surface area contributed by atoms with Crippen LogP contribution in [-0.2, 0) is 4.74 Å². The van der Waals surface area contributed by atoms with E-state index in [2.05, 4.69) is 4.74 Å². The van der Waals surface area contributed by atoms with Crippen LogP contribution in [0.1, 0.15) is 25.7 Å². The topological polar surface area (TPSA) is 26.3 Å². The molecular formula is C7H10F2O2. The summed E-state index contributed by atoms with van der Waals surface area (Å²) in [6.07, 6.45) is -1.33. The lowest BCUT2D eigenvalue weighted by Gasteiger charge is -2.22. The number of carbonyl (C=O) groups excluding carboxylic acids is 1. The molecule has 1 aliphatic carbocycles. The molecule has 0 bridgehead atoms. The Bertz CT molecular complexity index is 141. The molecule has 0 radical (unpaired) electrons. The van der Waals surface area contributed by atoms with Crippen molar-refractivity contribution >= 4 is 6.22 Å². The molecule has 1 fully saturated rings. The molecule has 0 saturated heterocycles. The quantitative estimate of drug-likeness (QED) is 0.556. The van der Waals surface area contributed by atoms with Gasteiger partial charge in [0.05, 0.1) is 0 Å². The molecule has 0 aliphatic heterocycles. The summed E-state index contributed by atoms with van der Waals surface area (Å²) in [4.78, 5) is 9.81. The minimum Gasteiger partial charge on any atom is -0.437 e. The third kappa shape index (κ3) is 2.82. The summed E-state index contributed by atoms with van der Waals surface area (Å²) < 4.78 is 28.4. The summed E-state index contributed by atoms with van der Waals surface area (Å²) in [5.41, 5.74) is 0. The van der Waals surface area contributed by atoms with Crippen LogP contribution in [0.15, 0.2) is 0 Å². The first-order valence-electron chi connectivity index (χ1n) is 3.68. The van der Waals surface area contributed by atoms with Gasteiger partial charge in [0.25, 0.3) is 0 Å². The molecule has 0 aromatic heterocycles. The van der Waals surface area contributed by atoms with Crippen LogP contribution in [0.25, 0.3) is 0 Å². The van der Waals surface area contributed by atoms with E-state index in [1.807, 2.05) is 0 Å². The largest absolute Gasteiger partial charge is 0.495 e. The van der Waals surface area contributed by atoms with E-state index in [0.29, 0.717) is 25.7 Å². The zero-order valence-electron chi connectivity index (χ0n) is 6.06. The number of alkyl halides is 1. The summed E-state index contributed by atoms with van der Waals surface area (Å²) >= 11 is 0. The molecule has 11 heavy (non-hydrogen) atoms. The summed E-state index contributed by atoms with van der Waals surface area (Å²) in [6, 6.07) is 0. The molecule has 64 valence electrons. The van der Waals surface area contributed by atoms with E-state index >= 15 is 0 Å². The van der Waals surface area contributed by atoms with E-state index in [-0.39, 0.29) is 0 Å². The molecule has 0 unspecified atom stereocenters. The Kier molecular flexibility index (Phi) is 2.79. The molecule has 1 rings (SSSR count). The molecule has 1 aliphatic rings. The molecular weight excluding hydrogens is 154 g/mol. The van der Waals surface area contributed by atoms with Crippen LogP contribution >= 0.6 is 0 Å². The number of rotatable bonds is 1. The second-order valence-corrected chi connectivity index (χ2v) is 2.73. The van der Waals surface area contributed by atoms with Crippen LogP contribution in [0.3, 0.4) is 0 Å². The average Bonchev–Trinajstić information content (AvgIpc) is 1.93. The first kappa shape index (κ1) is 8.43. The molecule has 0 atom stereocenters. The lowest BCUT2D eigenvalue weighted by molar-refractivity contribution is 0.0419. The molecule has 0 amide bonds. The minimum atomic E-state index is -1.76. The maximum absolute atomic E-state index is 12.5. The maximum atomic E-state index is 12.5. The van der Waals surface area contributed by atoms with Gasteiger partial charge in [-0.25, -0.2) is 9.18 Å². The van der Waals surface area contributed by atoms with Gasteiger partial charge in [0, 0.05) is 0 Å². The Morgan fingerprint density at radius 1 is 1.27 bits per heavy atom.